The van der Waals surface area contributed by atoms with Gasteiger partial charge in [0.2, 0.25) is 11.8 Å². The van der Waals surface area contributed by atoms with E-state index in [4.69, 9.17) is 15.2 Å². The van der Waals surface area contributed by atoms with Gasteiger partial charge in [0.05, 0.1) is 7.11 Å². The zero-order valence-electron chi connectivity index (χ0n) is 24.1. The summed E-state index contributed by atoms with van der Waals surface area (Å²) in [7, 11) is 1.56. The molecule has 4 amide bonds. The van der Waals surface area contributed by atoms with E-state index >= 15 is 0 Å². The van der Waals surface area contributed by atoms with Crippen LogP contribution in [0.3, 0.4) is 0 Å². The highest BCUT2D eigenvalue weighted by atomic mass is 16.6. The molecular formula is C30H40N4O6. The fourth-order valence-corrected chi connectivity index (χ4v) is 4.40. The lowest BCUT2D eigenvalue weighted by Crippen LogP contribution is -2.53. The number of alkyl carbamates (subject to hydrolysis) is 1. The molecule has 2 unspecified atom stereocenters. The predicted octanol–water partition coefficient (Wildman–Crippen LogP) is 4.14. The van der Waals surface area contributed by atoms with Crippen LogP contribution in [0.4, 0.5) is 10.5 Å². The number of aryl methyl sites for hydroxylation is 2. The Bertz CT molecular complexity index is 1230. The summed E-state index contributed by atoms with van der Waals surface area (Å²) in [6, 6.07) is 10.3. The van der Waals surface area contributed by atoms with Crippen molar-refractivity contribution in [3.63, 3.8) is 0 Å². The summed E-state index contributed by atoms with van der Waals surface area (Å²) in [5.41, 5.74) is 7.58. The van der Waals surface area contributed by atoms with Crippen LogP contribution in [0.1, 0.15) is 69.2 Å². The number of ether oxygens (including phenoxy) is 2. The van der Waals surface area contributed by atoms with Crippen molar-refractivity contribution in [2.24, 2.45) is 5.73 Å². The number of primary amides is 1. The third kappa shape index (κ3) is 8.46. The molecule has 0 radical (unpaired) electrons. The minimum absolute atomic E-state index is 0.0315. The normalized spacial score (nSPS) is 14.4. The van der Waals surface area contributed by atoms with Crippen molar-refractivity contribution in [1.82, 2.24) is 10.2 Å². The highest BCUT2D eigenvalue weighted by molar-refractivity contribution is 5.99. The first-order valence-electron chi connectivity index (χ1n) is 13.4. The summed E-state index contributed by atoms with van der Waals surface area (Å²) in [5, 5.41) is 5.56. The first-order valence-corrected chi connectivity index (χ1v) is 13.4. The number of amides is 4. The van der Waals surface area contributed by atoms with E-state index in [9.17, 15) is 19.2 Å². The Morgan fingerprint density at radius 2 is 1.70 bits per heavy atom. The molecule has 2 aromatic rings. The number of methoxy groups -OCH3 is 1. The average Bonchev–Trinajstić information content (AvgIpc) is 3.70. The first-order chi connectivity index (χ1) is 18.8. The van der Waals surface area contributed by atoms with Gasteiger partial charge < -0.3 is 30.7 Å². The van der Waals surface area contributed by atoms with Gasteiger partial charge in [0.15, 0.2) is 0 Å². The van der Waals surface area contributed by atoms with E-state index < -0.39 is 41.5 Å². The Balaban J connectivity index is 2.02. The van der Waals surface area contributed by atoms with Gasteiger partial charge in [-0.1, -0.05) is 23.8 Å². The molecule has 216 valence electrons. The summed E-state index contributed by atoms with van der Waals surface area (Å²) < 4.78 is 10.6. The Morgan fingerprint density at radius 3 is 2.25 bits per heavy atom. The molecule has 1 fully saturated rings. The zero-order valence-corrected chi connectivity index (χ0v) is 24.1. The molecule has 3 rings (SSSR count). The molecule has 1 aliphatic rings. The van der Waals surface area contributed by atoms with Gasteiger partial charge in [-0.05, 0) is 89.3 Å². The topological polar surface area (TPSA) is 140 Å². The monoisotopic (exact) mass is 552 g/mol. The fraction of sp³-hybridized carbons (Fsp3) is 0.467. The van der Waals surface area contributed by atoms with Gasteiger partial charge in [0, 0.05) is 18.2 Å². The molecule has 1 aliphatic carbocycles. The Hall–Kier alpha value is -4.08. The van der Waals surface area contributed by atoms with Crippen molar-refractivity contribution >= 4 is 29.5 Å². The second-order valence-electron chi connectivity index (χ2n) is 11.2. The summed E-state index contributed by atoms with van der Waals surface area (Å²) in [6.07, 6.45) is 0.459. The lowest BCUT2D eigenvalue weighted by Gasteiger charge is -2.35. The van der Waals surface area contributed by atoms with Crippen LogP contribution in [0.25, 0.3) is 0 Å². The van der Waals surface area contributed by atoms with E-state index in [1.54, 1.807) is 57.0 Å². The number of carbonyl (C=O) groups excluding carboxylic acids is 4. The Morgan fingerprint density at radius 1 is 1.05 bits per heavy atom. The molecule has 0 aromatic heterocycles. The lowest BCUT2D eigenvalue weighted by molar-refractivity contribution is -0.141. The number of hydrogen-bond donors (Lipinski definition) is 3. The minimum atomic E-state index is -1.12. The number of benzene rings is 2. The highest BCUT2D eigenvalue weighted by Crippen LogP contribution is 2.37. The van der Waals surface area contributed by atoms with E-state index in [-0.39, 0.29) is 18.9 Å². The number of rotatable bonds is 11. The smallest absolute Gasteiger partial charge is 0.408 e. The maximum atomic E-state index is 14.2. The van der Waals surface area contributed by atoms with Crippen LogP contribution in [0.5, 0.6) is 5.75 Å². The molecule has 2 atom stereocenters. The average molecular weight is 553 g/mol. The maximum Gasteiger partial charge on any atom is 0.408 e. The summed E-state index contributed by atoms with van der Waals surface area (Å²) >= 11 is 0. The number of nitrogens with one attached hydrogen (secondary N) is 2. The van der Waals surface area contributed by atoms with Crippen molar-refractivity contribution in [3.05, 3.63) is 59.2 Å². The minimum Gasteiger partial charge on any atom is -0.497 e. The predicted molar refractivity (Wildman–Crippen MR) is 152 cm³/mol. The Kier molecular flexibility index (Phi) is 9.78. The number of nitrogens with two attached hydrogens (primary N) is 1. The molecule has 40 heavy (non-hydrogen) atoms. The molecule has 1 saturated carbocycles. The van der Waals surface area contributed by atoms with Crippen LogP contribution in [-0.4, -0.2) is 53.5 Å². The van der Waals surface area contributed by atoms with Crippen LogP contribution >= 0.6 is 0 Å². The second-order valence-corrected chi connectivity index (χ2v) is 11.2. The molecule has 0 saturated heterocycles. The van der Waals surface area contributed by atoms with Crippen molar-refractivity contribution in [3.8, 4) is 5.75 Å². The number of hydrogen-bond acceptors (Lipinski definition) is 6. The number of nitrogens with zero attached hydrogens (tertiary/aromatic N) is 1. The SMILES string of the molecule is COc1ccc(NC(=O)C(c2cc(C)ccc2C)N(C(=O)C(CCC(N)=O)NC(=O)OC(C)(C)C)C2CC2)cc1. The van der Waals surface area contributed by atoms with E-state index in [2.05, 4.69) is 10.6 Å². The van der Waals surface area contributed by atoms with E-state index in [0.717, 1.165) is 11.1 Å². The van der Waals surface area contributed by atoms with Gasteiger partial charge in [0.25, 0.3) is 5.91 Å². The largest absolute Gasteiger partial charge is 0.497 e. The number of anilines is 1. The molecule has 0 heterocycles. The van der Waals surface area contributed by atoms with Gasteiger partial charge in [-0.3, -0.25) is 14.4 Å². The van der Waals surface area contributed by atoms with Gasteiger partial charge >= 0.3 is 6.09 Å². The molecule has 4 N–H and O–H groups in total. The molecule has 2 aromatic carbocycles. The van der Waals surface area contributed by atoms with Gasteiger partial charge in [0.1, 0.15) is 23.4 Å². The van der Waals surface area contributed by atoms with Crippen LogP contribution in [0, 0.1) is 13.8 Å². The third-order valence-electron chi connectivity index (χ3n) is 6.48. The van der Waals surface area contributed by atoms with E-state index in [1.807, 2.05) is 32.0 Å². The fourth-order valence-electron chi connectivity index (χ4n) is 4.40. The molecule has 0 aliphatic heterocycles. The summed E-state index contributed by atoms with van der Waals surface area (Å²) in [5.74, 6) is -0.843. The third-order valence-corrected chi connectivity index (χ3v) is 6.48. The maximum absolute atomic E-state index is 14.2. The summed E-state index contributed by atoms with van der Waals surface area (Å²) in [6.45, 7) is 8.95. The highest BCUT2D eigenvalue weighted by Gasteiger charge is 2.44. The van der Waals surface area contributed by atoms with Gasteiger partial charge in [-0.15, -0.1) is 0 Å². The zero-order chi connectivity index (χ0) is 29.6. The van der Waals surface area contributed by atoms with Crippen LogP contribution in [0.2, 0.25) is 0 Å². The summed E-state index contributed by atoms with van der Waals surface area (Å²) in [4.78, 5) is 54.0. The van der Waals surface area contributed by atoms with Gasteiger partial charge in [-0.25, -0.2) is 4.79 Å². The standard InChI is InChI=1S/C30H40N4O6/c1-18-7-8-19(2)23(17-18)26(27(36)32-20-9-13-22(39-6)14-10-20)34(21-11-12-21)28(37)24(15-16-25(31)35)33-29(38)40-30(3,4)5/h7-10,13-14,17,21,24,26H,11-12,15-16H2,1-6H3,(H2,31,35)(H,32,36)(H,33,38). The quantitative estimate of drug-likeness (QED) is 0.383. The number of carbonyl (C=O) groups is 4. The Labute approximate surface area is 235 Å². The van der Waals surface area contributed by atoms with Crippen molar-refractivity contribution in [1.29, 1.82) is 0 Å². The van der Waals surface area contributed by atoms with E-state index in [1.165, 1.54) is 0 Å². The van der Waals surface area contributed by atoms with Crippen LogP contribution in [-0.2, 0) is 19.1 Å². The van der Waals surface area contributed by atoms with Crippen LogP contribution in [0.15, 0.2) is 42.5 Å². The second kappa shape index (κ2) is 12.8. The van der Waals surface area contributed by atoms with Crippen LogP contribution < -0.4 is 21.1 Å². The molecule has 0 bridgehead atoms. The van der Waals surface area contributed by atoms with Gasteiger partial charge in [-0.2, -0.15) is 0 Å². The molecule has 10 nitrogen and oxygen atoms in total. The molecule has 0 spiro atoms. The van der Waals surface area contributed by atoms with Crippen molar-refractivity contribution in [2.45, 2.75) is 84.0 Å². The molecular weight excluding hydrogens is 512 g/mol. The first kappa shape index (κ1) is 30.5. The van der Waals surface area contributed by atoms with E-state index in [0.29, 0.717) is 29.8 Å². The van der Waals surface area contributed by atoms with Crippen molar-refractivity contribution < 1.29 is 28.7 Å². The lowest BCUT2D eigenvalue weighted by atomic mass is 9.95. The van der Waals surface area contributed by atoms with Crippen molar-refractivity contribution in [2.75, 3.05) is 12.4 Å². The molecule has 10 heteroatoms.